The van der Waals surface area contributed by atoms with Gasteiger partial charge in [-0.1, -0.05) is 15.9 Å². The number of benzene rings is 1. The van der Waals surface area contributed by atoms with Gasteiger partial charge in [0.1, 0.15) is 0 Å². The van der Waals surface area contributed by atoms with E-state index in [1.54, 1.807) is 11.8 Å². The topological polar surface area (TPSA) is 41.1 Å². The fraction of sp³-hybridized carbons (Fsp3) is 0.562. The molecule has 2 N–H and O–H groups in total. The third-order valence-corrected chi connectivity index (χ3v) is 5.34. The molecule has 0 aliphatic carbocycles. The van der Waals surface area contributed by atoms with Crippen LogP contribution in [0.15, 0.2) is 33.6 Å². The standard InChI is InChI=1S/C16H23BrN2OS.ClH/c1-16(2,21-14-5-3-13(17)4-6-14)11-19-15(20)12-7-9-18-10-8-12;/h3-6,12,18H,7-11H2,1-2H3,(H,19,20);1H. The minimum Gasteiger partial charge on any atom is -0.354 e. The minimum absolute atomic E-state index is 0. The molecule has 1 aromatic carbocycles. The van der Waals surface area contributed by atoms with E-state index < -0.39 is 0 Å². The van der Waals surface area contributed by atoms with Crippen LogP contribution >= 0.6 is 40.1 Å². The van der Waals surface area contributed by atoms with E-state index in [4.69, 9.17) is 0 Å². The molecule has 3 nitrogen and oxygen atoms in total. The van der Waals surface area contributed by atoms with Crippen molar-refractivity contribution in [3.05, 3.63) is 28.7 Å². The summed E-state index contributed by atoms with van der Waals surface area (Å²) in [5.41, 5.74) is 0. The van der Waals surface area contributed by atoms with E-state index in [1.165, 1.54) is 4.90 Å². The van der Waals surface area contributed by atoms with Gasteiger partial charge < -0.3 is 10.6 Å². The predicted octanol–water partition coefficient (Wildman–Crippen LogP) is 3.86. The number of nitrogens with one attached hydrogen (secondary N) is 2. The molecule has 0 saturated carbocycles. The molecule has 1 saturated heterocycles. The second-order valence-corrected chi connectivity index (χ2v) is 8.75. The van der Waals surface area contributed by atoms with E-state index in [0.29, 0.717) is 6.54 Å². The zero-order valence-corrected chi connectivity index (χ0v) is 16.2. The summed E-state index contributed by atoms with van der Waals surface area (Å²) in [6.45, 7) is 6.94. The lowest BCUT2D eigenvalue weighted by molar-refractivity contribution is -0.125. The smallest absolute Gasteiger partial charge is 0.223 e. The molecule has 0 unspecified atom stereocenters. The van der Waals surface area contributed by atoms with Crippen molar-refractivity contribution in [1.29, 1.82) is 0 Å². The summed E-state index contributed by atoms with van der Waals surface area (Å²) < 4.78 is 1.07. The van der Waals surface area contributed by atoms with Gasteiger partial charge in [-0.3, -0.25) is 4.79 Å². The number of piperidine rings is 1. The highest BCUT2D eigenvalue weighted by Crippen LogP contribution is 2.32. The lowest BCUT2D eigenvalue weighted by Gasteiger charge is -2.27. The Morgan fingerprint density at radius 1 is 1.32 bits per heavy atom. The summed E-state index contributed by atoms with van der Waals surface area (Å²) in [7, 11) is 0. The maximum atomic E-state index is 12.2. The summed E-state index contributed by atoms with van der Waals surface area (Å²) in [5, 5.41) is 6.42. The van der Waals surface area contributed by atoms with E-state index in [1.807, 2.05) is 12.1 Å². The normalized spacial score (nSPS) is 16.0. The summed E-state index contributed by atoms with van der Waals surface area (Å²) >= 11 is 5.24. The molecule has 0 aromatic heterocycles. The number of carbonyl (C=O) groups is 1. The Balaban J connectivity index is 0.00000242. The Hall–Kier alpha value is -0.230. The quantitative estimate of drug-likeness (QED) is 0.728. The van der Waals surface area contributed by atoms with Gasteiger partial charge in [-0.25, -0.2) is 0 Å². The van der Waals surface area contributed by atoms with Gasteiger partial charge in [-0.05, 0) is 64.0 Å². The molecule has 0 atom stereocenters. The van der Waals surface area contributed by atoms with Crippen molar-refractivity contribution in [2.75, 3.05) is 19.6 Å². The molecule has 0 radical (unpaired) electrons. The fourth-order valence-corrected chi connectivity index (χ4v) is 3.71. The van der Waals surface area contributed by atoms with E-state index in [2.05, 4.69) is 52.5 Å². The van der Waals surface area contributed by atoms with Crippen LogP contribution in [-0.4, -0.2) is 30.3 Å². The molecule has 1 aliphatic heterocycles. The van der Waals surface area contributed by atoms with Crippen LogP contribution in [0.4, 0.5) is 0 Å². The highest BCUT2D eigenvalue weighted by molar-refractivity contribution is 9.10. The molecular formula is C16H24BrClN2OS. The molecule has 1 aromatic rings. The Morgan fingerprint density at radius 3 is 2.50 bits per heavy atom. The number of hydrogen-bond acceptors (Lipinski definition) is 3. The molecular weight excluding hydrogens is 384 g/mol. The Morgan fingerprint density at radius 2 is 1.91 bits per heavy atom. The highest BCUT2D eigenvalue weighted by Gasteiger charge is 2.24. The van der Waals surface area contributed by atoms with E-state index in [9.17, 15) is 4.79 Å². The van der Waals surface area contributed by atoms with Crippen molar-refractivity contribution >= 4 is 46.0 Å². The van der Waals surface area contributed by atoms with Gasteiger partial charge in [-0.2, -0.15) is 0 Å². The maximum Gasteiger partial charge on any atom is 0.223 e. The first kappa shape index (κ1) is 19.8. The second kappa shape index (κ2) is 9.16. The van der Waals surface area contributed by atoms with Crippen molar-refractivity contribution in [2.45, 2.75) is 36.3 Å². The van der Waals surface area contributed by atoms with Crippen LogP contribution < -0.4 is 10.6 Å². The number of hydrogen-bond donors (Lipinski definition) is 2. The lowest BCUT2D eigenvalue weighted by atomic mass is 9.97. The molecule has 2 rings (SSSR count). The first-order valence-electron chi connectivity index (χ1n) is 7.39. The monoisotopic (exact) mass is 406 g/mol. The van der Waals surface area contributed by atoms with Gasteiger partial charge in [-0.15, -0.1) is 24.2 Å². The van der Waals surface area contributed by atoms with Crippen LogP contribution in [0, 0.1) is 5.92 Å². The number of rotatable bonds is 5. The van der Waals surface area contributed by atoms with Crippen LogP contribution in [0.5, 0.6) is 0 Å². The van der Waals surface area contributed by atoms with Crippen molar-refractivity contribution in [2.24, 2.45) is 5.92 Å². The number of carbonyl (C=O) groups excluding carboxylic acids is 1. The van der Waals surface area contributed by atoms with Crippen molar-refractivity contribution in [3.8, 4) is 0 Å². The molecule has 6 heteroatoms. The largest absolute Gasteiger partial charge is 0.354 e. The van der Waals surface area contributed by atoms with E-state index in [-0.39, 0.29) is 29.0 Å². The van der Waals surface area contributed by atoms with Crippen molar-refractivity contribution < 1.29 is 4.79 Å². The molecule has 124 valence electrons. The summed E-state index contributed by atoms with van der Waals surface area (Å²) in [6, 6.07) is 8.30. The zero-order valence-electron chi connectivity index (χ0n) is 13.0. The highest BCUT2D eigenvalue weighted by atomic mass is 79.9. The molecule has 0 spiro atoms. The number of amides is 1. The van der Waals surface area contributed by atoms with Gasteiger partial charge in [0.2, 0.25) is 5.91 Å². The average molecular weight is 408 g/mol. The number of thioether (sulfide) groups is 1. The Kier molecular flexibility index (Phi) is 8.25. The van der Waals surface area contributed by atoms with Gasteiger partial charge in [0.05, 0.1) is 0 Å². The van der Waals surface area contributed by atoms with Crippen LogP contribution in [0.25, 0.3) is 0 Å². The van der Waals surface area contributed by atoms with Gasteiger partial charge in [0.25, 0.3) is 0 Å². The molecule has 1 heterocycles. The first-order valence-corrected chi connectivity index (χ1v) is 9.00. The summed E-state index contributed by atoms with van der Waals surface area (Å²) in [4.78, 5) is 13.4. The van der Waals surface area contributed by atoms with Gasteiger partial charge in [0, 0.05) is 26.6 Å². The van der Waals surface area contributed by atoms with Gasteiger partial charge >= 0.3 is 0 Å². The van der Waals surface area contributed by atoms with Crippen molar-refractivity contribution in [1.82, 2.24) is 10.6 Å². The summed E-state index contributed by atoms with van der Waals surface area (Å²) in [6.07, 6.45) is 1.90. The Labute approximate surface area is 151 Å². The molecule has 1 aliphatic rings. The van der Waals surface area contributed by atoms with Crippen LogP contribution in [0.1, 0.15) is 26.7 Å². The first-order chi connectivity index (χ1) is 9.96. The summed E-state index contributed by atoms with van der Waals surface area (Å²) in [5.74, 6) is 0.390. The molecule has 0 bridgehead atoms. The third-order valence-electron chi connectivity index (χ3n) is 3.61. The second-order valence-electron chi connectivity index (χ2n) is 6.06. The van der Waals surface area contributed by atoms with E-state index >= 15 is 0 Å². The fourth-order valence-electron chi connectivity index (χ4n) is 2.39. The Bertz CT molecular complexity index is 476. The van der Waals surface area contributed by atoms with Gasteiger partial charge in [0.15, 0.2) is 0 Å². The molecule has 1 amide bonds. The van der Waals surface area contributed by atoms with Crippen LogP contribution in [0.2, 0.25) is 0 Å². The third kappa shape index (κ3) is 6.49. The molecule has 22 heavy (non-hydrogen) atoms. The zero-order chi connectivity index (χ0) is 15.3. The van der Waals surface area contributed by atoms with Crippen molar-refractivity contribution in [3.63, 3.8) is 0 Å². The van der Waals surface area contributed by atoms with Crippen LogP contribution in [-0.2, 0) is 4.79 Å². The maximum absolute atomic E-state index is 12.2. The van der Waals surface area contributed by atoms with E-state index in [0.717, 1.165) is 30.4 Å². The minimum atomic E-state index is -0.0175. The van der Waals surface area contributed by atoms with Crippen LogP contribution in [0.3, 0.4) is 0 Å². The number of halogens is 2. The lowest BCUT2D eigenvalue weighted by Crippen LogP contribution is -2.42. The SMILES string of the molecule is CC(C)(CNC(=O)C1CCNCC1)Sc1ccc(Br)cc1.Cl. The average Bonchev–Trinajstić information content (AvgIpc) is 2.48. The molecule has 1 fully saturated rings. The predicted molar refractivity (Wildman–Crippen MR) is 99.9 cm³/mol.